The van der Waals surface area contributed by atoms with E-state index < -0.39 is 0 Å². The van der Waals surface area contributed by atoms with Crippen LogP contribution in [-0.4, -0.2) is 60.6 Å². The van der Waals surface area contributed by atoms with Gasteiger partial charge in [0, 0.05) is 36.8 Å². The van der Waals surface area contributed by atoms with Crippen molar-refractivity contribution in [2.45, 2.75) is 57.0 Å². The minimum absolute atomic E-state index is 0.0438. The molecule has 0 N–H and O–H groups in total. The first kappa shape index (κ1) is 17.1. The van der Waals surface area contributed by atoms with Crippen molar-refractivity contribution in [2.75, 3.05) is 33.4 Å². The first-order valence-corrected chi connectivity index (χ1v) is 9.73. The molecule has 1 amide bonds. The maximum absolute atomic E-state index is 12.6. The van der Waals surface area contributed by atoms with E-state index in [0.29, 0.717) is 11.8 Å². The SMILES string of the molecule is Cc1ccoc1C(=O)N1CCC2(CC[C@H](COCC3CC3)N2C)CC1. The lowest BCUT2D eigenvalue weighted by Crippen LogP contribution is -2.54. The molecule has 3 heterocycles. The van der Waals surface area contributed by atoms with Crippen molar-refractivity contribution in [2.24, 2.45) is 5.92 Å². The molecule has 4 rings (SSSR count). The molecule has 0 bridgehead atoms. The van der Waals surface area contributed by atoms with Crippen LogP contribution in [0.5, 0.6) is 0 Å². The molecule has 1 atom stereocenters. The molecule has 1 aromatic rings. The molecule has 1 aromatic heterocycles. The molecular formula is C20H30N2O3. The average Bonchev–Trinajstić information content (AvgIpc) is 3.28. The molecular weight excluding hydrogens is 316 g/mol. The Morgan fingerprint density at radius 1 is 1.24 bits per heavy atom. The molecule has 1 aliphatic carbocycles. The van der Waals surface area contributed by atoms with E-state index in [2.05, 4.69) is 11.9 Å². The number of rotatable bonds is 5. The van der Waals surface area contributed by atoms with Crippen molar-refractivity contribution in [1.29, 1.82) is 0 Å². The molecule has 5 heteroatoms. The molecule has 138 valence electrons. The zero-order valence-corrected chi connectivity index (χ0v) is 15.5. The van der Waals surface area contributed by atoms with Gasteiger partial charge in [-0.1, -0.05) is 0 Å². The fraction of sp³-hybridized carbons (Fsp3) is 0.750. The molecule has 0 radical (unpaired) electrons. The maximum Gasteiger partial charge on any atom is 0.289 e. The first-order valence-electron chi connectivity index (χ1n) is 9.73. The molecule has 3 fully saturated rings. The lowest BCUT2D eigenvalue weighted by molar-refractivity contribution is 0.0164. The summed E-state index contributed by atoms with van der Waals surface area (Å²) < 4.78 is 11.3. The lowest BCUT2D eigenvalue weighted by Gasteiger charge is -2.44. The van der Waals surface area contributed by atoms with Gasteiger partial charge in [-0.2, -0.15) is 0 Å². The number of amides is 1. The van der Waals surface area contributed by atoms with Gasteiger partial charge in [0.05, 0.1) is 12.9 Å². The van der Waals surface area contributed by atoms with E-state index in [1.165, 1.54) is 25.7 Å². The highest BCUT2D eigenvalue weighted by Crippen LogP contribution is 2.41. The largest absolute Gasteiger partial charge is 0.459 e. The summed E-state index contributed by atoms with van der Waals surface area (Å²) in [6.07, 6.45) is 8.84. The van der Waals surface area contributed by atoms with Crippen LogP contribution >= 0.6 is 0 Å². The molecule has 0 aromatic carbocycles. The Hall–Kier alpha value is -1.33. The molecule has 1 saturated carbocycles. The number of nitrogens with zero attached hydrogens (tertiary/aromatic N) is 2. The quantitative estimate of drug-likeness (QED) is 0.822. The number of piperidine rings is 1. The van der Waals surface area contributed by atoms with Gasteiger partial charge < -0.3 is 14.1 Å². The molecule has 2 saturated heterocycles. The van der Waals surface area contributed by atoms with Gasteiger partial charge >= 0.3 is 0 Å². The van der Waals surface area contributed by atoms with Crippen LogP contribution in [0.25, 0.3) is 0 Å². The topological polar surface area (TPSA) is 45.9 Å². The van der Waals surface area contributed by atoms with E-state index in [-0.39, 0.29) is 11.4 Å². The number of furan rings is 1. The lowest BCUT2D eigenvalue weighted by atomic mass is 9.85. The number of carbonyl (C=O) groups excluding carboxylic acids is 1. The second kappa shape index (κ2) is 6.76. The zero-order chi connectivity index (χ0) is 17.4. The van der Waals surface area contributed by atoms with Gasteiger partial charge in [0.2, 0.25) is 0 Å². The summed E-state index contributed by atoms with van der Waals surface area (Å²) in [6.45, 7) is 5.38. The van der Waals surface area contributed by atoms with Gasteiger partial charge in [0.1, 0.15) is 0 Å². The van der Waals surface area contributed by atoms with Crippen LogP contribution in [0.15, 0.2) is 16.7 Å². The summed E-state index contributed by atoms with van der Waals surface area (Å²) in [5.74, 6) is 1.38. The summed E-state index contributed by atoms with van der Waals surface area (Å²) >= 11 is 0. The normalized spacial score (nSPS) is 26.5. The van der Waals surface area contributed by atoms with Crippen LogP contribution in [0.1, 0.15) is 54.6 Å². The minimum atomic E-state index is 0.0438. The number of aryl methyl sites for hydroxylation is 1. The highest BCUT2D eigenvalue weighted by molar-refractivity contribution is 5.92. The third kappa shape index (κ3) is 3.36. The number of hydrogen-bond acceptors (Lipinski definition) is 4. The van der Waals surface area contributed by atoms with Crippen LogP contribution in [0.3, 0.4) is 0 Å². The van der Waals surface area contributed by atoms with Gasteiger partial charge in [0.25, 0.3) is 5.91 Å². The van der Waals surface area contributed by atoms with Gasteiger partial charge in [-0.25, -0.2) is 0 Å². The van der Waals surface area contributed by atoms with Crippen LogP contribution < -0.4 is 0 Å². The van der Waals surface area contributed by atoms with Gasteiger partial charge in [-0.3, -0.25) is 9.69 Å². The molecule has 5 nitrogen and oxygen atoms in total. The summed E-state index contributed by atoms with van der Waals surface area (Å²) in [5, 5.41) is 0. The predicted octanol–water partition coefficient (Wildman–Crippen LogP) is 3.08. The Kier molecular flexibility index (Phi) is 4.63. The van der Waals surface area contributed by atoms with Crippen LogP contribution in [-0.2, 0) is 4.74 Å². The number of hydrogen-bond donors (Lipinski definition) is 0. The van der Waals surface area contributed by atoms with E-state index in [4.69, 9.17) is 9.15 Å². The zero-order valence-electron chi connectivity index (χ0n) is 15.5. The fourth-order valence-corrected chi connectivity index (χ4v) is 4.51. The number of carbonyl (C=O) groups is 1. The monoisotopic (exact) mass is 346 g/mol. The number of ether oxygens (including phenoxy) is 1. The summed E-state index contributed by atoms with van der Waals surface area (Å²) in [5.41, 5.74) is 1.18. The Morgan fingerprint density at radius 2 is 2.00 bits per heavy atom. The molecule has 0 unspecified atom stereocenters. The second-order valence-corrected chi connectivity index (χ2v) is 8.23. The van der Waals surface area contributed by atoms with Gasteiger partial charge in [0.15, 0.2) is 5.76 Å². The summed E-state index contributed by atoms with van der Waals surface area (Å²) in [4.78, 5) is 17.2. The summed E-state index contributed by atoms with van der Waals surface area (Å²) in [7, 11) is 2.26. The third-order valence-electron chi connectivity index (χ3n) is 6.64. The second-order valence-electron chi connectivity index (χ2n) is 8.23. The molecule has 3 aliphatic rings. The van der Waals surface area contributed by atoms with Crippen LogP contribution in [0, 0.1) is 12.8 Å². The van der Waals surface area contributed by atoms with E-state index in [0.717, 1.165) is 50.6 Å². The first-order chi connectivity index (χ1) is 12.1. The standard InChI is InChI=1S/C20H30N2O3/c1-15-6-12-25-18(15)19(23)22-10-8-20(9-11-22)7-5-17(21(20)2)14-24-13-16-3-4-16/h6,12,16-17H,3-5,7-11,13-14H2,1-2H3/t17-/m1/s1. The predicted molar refractivity (Wildman–Crippen MR) is 95.6 cm³/mol. The minimum Gasteiger partial charge on any atom is -0.459 e. The van der Waals surface area contributed by atoms with Crippen molar-refractivity contribution >= 4 is 5.91 Å². The van der Waals surface area contributed by atoms with Crippen molar-refractivity contribution in [3.05, 3.63) is 23.7 Å². The molecule has 25 heavy (non-hydrogen) atoms. The maximum atomic E-state index is 12.6. The highest BCUT2D eigenvalue weighted by Gasteiger charge is 2.46. The Morgan fingerprint density at radius 3 is 2.64 bits per heavy atom. The van der Waals surface area contributed by atoms with Gasteiger partial charge in [-0.15, -0.1) is 0 Å². The van der Waals surface area contributed by atoms with E-state index in [1.807, 2.05) is 17.9 Å². The van der Waals surface area contributed by atoms with Gasteiger partial charge in [-0.05, 0) is 64.5 Å². The van der Waals surface area contributed by atoms with E-state index in [9.17, 15) is 4.79 Å². The van der Waals surface area contributed by atoms with Crippen molar-refractivity contribution in [3.8, 4) is 0 Å². The Labute approximate surface area is 150 Å². The third-order valence-corrected chi connectivity index (χ3v) is 6.64. The fourth-order valence-electron chi connectivity index (χ4n) is 4.51. The average molecular weight is 346 g/mol. The highest BCUT2D eigenvalue weighted by atomic mass is 16.5. The van der Waals surface area contributed by atoms with E-state index in [1.54, 1.807) is 6.26 Å². The number of likely N-dealkylation sites (tertiary alicyclic amines) is 2. The Balaban J connectivity index is 1.31. The molecule has 2 aliphatic heterocycles. The Bertz CT molecular complexity index is 614. The van der Waals surface area contributed by atoms with Crippen LogP contribution in [0.4, 0.5) is 0 Å². The van der Waals surface area contributed by atoms with Crippen molar-refractivity contribution < 1.29 is 13.9 Å². The van der Waals surface area contributed by atoms with Crippen molar-refractivity contribution in [1.82, 2.24) is 9.80 Å². The molecule has 1 spiro atoms. The van der Waals surface area contributed by atoms with Crippen LogP contribution in [0.2, 0.25) is 0 Å². The summed E-state index contributed by atoms with van der Waals surface area (Å²) in [6, 6.07) is 2.39. The smallest absolute Gasteiger partial charge is 0.289 e. The number of likely N-dealkylation sites (N-methyl/N-ethyl adjacent to an activating group) is 1. The van der Waals surface area contributed by atoms with Crippen molar-refractivity contribution in [3.63, 3.8) is 0 Å². The van der Waals surface area contributed by atoms with E-state index >= 15 is 0 Å².